The fraction of sp³-hybridized carbons (Fsp3) is 0.200. The lowest BCUT2D eigenvalue weighted by Crippen LogP contribution is -2.44. The molecule has 3 aromatic heterocycles. The molecule has 0 N–H and O–H groups in total. The van der Waals surface area contributed by atoms with Crippen molar-refractivity contribution < 1.29 is 0 Å². The van der Waals surface area contributed by atoms with Crippen molar-refractivity contribution in [3.8, 4) is 28.2 Å². The van der Waals surface area contributed by atoms with Gasteiger partial charge in [0.25, 0.3) is 0 Å². The van der Waals surface area contributed by atoms with Gasteiger partial charge in [-0.2, -0.15) is 0 Å². The highest BCUT2D eigenvalue weighted by Gasteiger charge is 2.46. The van der Waals surface area contributed by atoms with Crippen LogP contribution in [0.3, 0.4) is 0 Å². The van der Waals surface area contributed by atoms with Crippen LogP contribution in [-0.4, -0.2) is 29.8 Å². The summed E-state index contributed by atoms with van der Waals surface area (Å²) < 4.78 is 7.70. The summed E-state index contributed by atoms with van der Waals surface area (Å²) in [5.74, 6) is 0. The molecule has 0 amide bonds. The molecule has 4 heterocycles. The molecule has 0 radical (unpaired) electrons. The van der Waals surface area contributed by atoms with Gasteiger partial charge in [-0.15, -0.1) is 0 Å². The van der Waals surface area contributed by atoms with Crippen molar-refractivity contribution in [3.05, 3.63) is 175 Å². The maximum absolute atomic E-state index is 2.72. The first-order chi connectivity index (χ1) is 31.2. The summed E-state index contributed by atoms with van der Waals surface area (Å²) >= 11 is 0. The van der Waals surface area contributed by atoms with Gasteiger partial charge >= 0.3 is 0 Å². The van der Waals surface area contributed by atoms with Gasteiger partial charge in [0.05, 0.1) is 60.6 Å². The molecule has 0 bridgehead atoms. The van der Waals surface area contributed by atoms with E-state index >= 15 is 0 Å². The van der Waals surface area contributed by atoms with Crippen molar-refractivity contribution >= 4 is 91.9 Å². The third-order valence-electron chi connectivity index (χ3n) is 15.8. The van der Waals surface area contributed by atoms with Crippen molar-refractivity contribution in [2.75, 3.05) is 0 Å². The zero-order valence-electron chi connectivity index (χ0n) is 38.8. The van der Waals surface area contributed by atoms with Crippen LogP contribution in [0.1, 0.15) is 45.2 Å². The van der Waals surface area contributed by atoms with E-state index in [4.69, 9.17) is 0 Å². The highest BCUT2D eigenvalue weighted by atomic mass is 28.4. The van der Waals surface area contributed by atoms with Crippen molar-refractivity contribution in [3.63, 3.8) is 0 Å². The van der Waals surface area contributed by atoms with Gasteiger partial charge < -0.3 is 13.7 Å². The summed E-state index contributed by atoms with van der Waals surface area (Å²) in [4.78, 5) is 0. The quantitative estimate of drug-likeness (QED) is 0.157. The highest BCUT2D eigenvalue weighted by Crippen LogP contribution is 2.53. The molecule has 13 rings (SSSR count). The minimum atomic E-state index is -1.75. The molecule has 8 aromatic carbocycles. The van der Waals surface area contributed by atoms with Crippen LogP contribution in [0.5, 0.6) is 0 Å². The van der Waals surface area contributed by atoms with Crippen LogP contribution >= 0.6 is 0 Å². The average molecular weight is 874 g/mol. The molecule has 0 spiro atoms. The number of para-hydroxylation sites is 5. The van der Waals surface area contributed by atoms with E-state index in [1.54, 1.807) is 10.4 Å². The molecule has 0 atom stereocenters. The fourth-order valence-corrected chi connectivity index (χ4v) is 28.6. The Kier molecular flexibility index (Phi) is 7.87. The van der Waals surface area contributed by atoms with Gasteiger partial charge in [-0.1, -0.05) is 167 Å². The Morgan fingerprint density at radius 2 is 0.738 bits per heavy atom. The maximum Gasteiger partial charge on any atom is 0.0783 e. The second-order valence-electron chi connectivity index (χ2n) is 22.0. The molecule has 1 aliphatic heterocycles. The molecular formula is C60H55N3Si2. The van der Waals surface area contributed by atoms with Crippen molar-refractivity contribution in [1.82, 2.24) is 13.7 Å². The van der Waals surface area contributed by atoms with Crippen molar-refractivity contribution in [1.29, 1.82) is 0 Å². The smallest absolute Gasteiger partial charge is 0.0783 e. The van der Waals surface area contributed by atoms with E-state index in [0.717, 1.165) is 6.42 Å². The SMILES string of the molecule is CC1(C)CC(C)(C)c2cc(-n3c4ccccc4c4cc(-n5c6ccccc6c6ccccc65)ccc43)c(-c3cc4c(cc3-n3c5ccccc5c5ccccc53)[Si](C)(C)C[Si]4(C)C)cc21. The first-order valence-electron chi connectivity index (χ1n) is 23.6. The van der Waals surface area contributed by atoms with Crippen molar-refractivity contribution in [2.45, 2.75) is 76.8 Å². The van der Waals surface area contributed by atoms with E-state index in [0.29, 0.717) is 0 Å². The molecule has 0 saturated carbocycles. The van der Waals surface area contributed by atoms with E-state index in [1.165, 1.54) is 110 Å². The fourth-order valence-electron chi connectivity index (χ4n) is 13.6. The van der Waals surface area contributed by atoms with Gasteiger partial charge in [0, 0.05) is 49.1 Å². The first-order valence-corrected chi connectivity index (χ1v) is 30.0. The van der Waals surface area contributed by atoms with Gasteiger partial charge in [0.1, 0.15) is 0 Å². The Morgan fingerprint density at radius 3 is 1.23 bits per heavy atom. The summed E-state index contributed by atoms with van der Waals surface area (Å²) in [6.07, 6.45) is 1.11. The first kappa shape index (κ1) is 39.0. The highest BCUT2D eigenvalue weighted by molar-refractivity contribution is 7.14. The number of nitrogens with zero attached hydrogens (tertiary/aromatic N) is 3. The predicted octanol–water partition coefficient (Wildman–Crippen LogP) is 15.0. The Labute approximate surface area is 383 Å². The van der Waals surface area contributed by atoms with Crippen LogP contribution in [0.4, 0.5) is 0 Å². The van der Waals surface area contributed by atoms with Gasteiger partial charge in [-0.25, -0.2) is 0 Å². The van der Waals surface area contributed by atoms with E-state index in [9.17, 15) is 0 Å². The normalized spacial score (nSPS) is 17.0. The zero-order chi connectivity index (χ0) is 44.4. The molecule has 2 aliphatic rings. The predicted molar refractivity (Wildman–Crippen MR) is 285 cm³/mol. The lowest BCUT2D eigenvalue weighted by atomic mass is 9.82. The van der Waals surface area contributed by atoms with Crippen LogP contribution in [0.2, 0.25) is 31.9 Å². The minimum Gasteiger partial charge on any atom is -0.309 e. The average Bonchev–Trinajstić information content (AvgIpc) is 4.01. The third kappa shape index (κ3) is 5.40. The molecule has 11 aromatic rings. The number of hydrogen-bond donors (Lipinski definition) is 0. The van der Waals surface area contributed by atoms with E-state index in [1.807, 2.05) is 0 Å². The summed E-state index contributed by atoms with van der Waals surface area (Å²) in [6.45, 7) is 20.4. The summed E-state index contributed by atoms with van der Waals surface area (Å²) in [6, 6.07) is 62.9. The van der Waals surface area contributed by atoms with Crippen molar-refractivity contribution in [2.24, 2.45) is 0 Å². The Balaban J connectivity index is 1.17. The molecule has 0 saturated heterocycles. The second kappa shape index (κ2) is 13.1. The van der Waals surface area contributed by atoms with E-state index in [2.05, 4.69) is 231 Å². The third-order valence-corrected chi connectivity index (χ3v) is 26.9. The van der Waals surface area contributed by atoms with Crippen LogP contribution in [-0.2, 0) is 10.8 Å². The number of rotatable bonds is 4. The monoisotopic (exact) mass is 873 g/mol. The van der Waals surface area contributed by atoms with Crippen LogP contribution in [0.25, 0.3) is 93.6 Å². The number of aromatic nitrogens is 3. The number of hydrogen-bond acceptors (Lipinski definition) is 0. The Hall–Kier alpha value is -6.41. The molecule has 0 unspecified atom stereocenters. The molecule has 65 heavy (non-hydrogen) atoms. The van der Waals surface area contributed by atoms with E-state index < -0.39 is 16.1 Å². The van der Waals surface area contributed by atoms with Gasteiger partial charge in [-0.05, 0) is 95.1 Å². The minimum absolute atomic E-state index is 0.0205. The van der Waals surface area contributed by atoms with Gasteiger partial charge in [0.2, 0.25) is 0 Å². The molecule has 3 nitrogen and oxygen atoms in total. The zero-order valence-corrected chi connectivity index (χ0v) is 40.8. The summed E-state index contributed by atoms with van der Waals surface area (Å²) in [7, 11) is -3.47. The van der Waals surface area contributed by atoms with Gasteiger partial charge in [-0.3, -0.25) is 0 Å². The number of fused-ring (bicyclic) bond motifs is 11. The lowest BCUT2D eigenvalue weighted by Gasteiger charge is -2.26. The van der Waals surface area contributed by atoms with Crippen LogP contribution in [0, 0.1) is 0 Å². The molecule has 318 valence electrons. The van der Waals surface area contributed by atoms with Gasteiger partial charge in [0.15, 0.2) is 0 Å². The second-order valence-corrected chi connectivity index (χ2v) is 32.0. The van der Waals surface area contributed by atoms with E-state index in [-0.39, 0.29) is 10.8 Å². The largest absolute Gasteiger partial charge is 0.309 e. The Morgan fingerprint density at radius 1 is 0.369 bits per heavy atom. The standard InChI is InChI=1S/C60H55N3Si2/c1-59(2)36-60(3,4)48-34-55(63-53-28-18-13-23-43(53)44-31-38(29-30-54(44)63)61-49-24-14-9-19-39(49)40-20-10-15-25-50(40)61)45(32-47(48)59)46-33-57-58(65(7,8)37-64(57,5)6)35-56(46)62-51-26-16-11-21-41(51)42-22-12-17-27-52(42)62/h9-35H,36-37H2,1-8H3. The topological polar surface area (TPSA) is 14.8 Å². The summed E-state index contributed by atoms with van der Waals surface area (Å²) in [5, 5.41) is 11.0. The van der Waals surface area contributed by atoms with Crippen LogP contribution in [0.15, 0.2) is 164 Å². The molecule has 1 aliphatic carbocycles. The molecule has 0 fully saturated rings. The number of benzene rings is 8. The molecule has 5 heteroatoms. The maximum atomic E-state index is 2.72. The van der Waals surface area contributed by atoms with Crippen LogP contribution < -0.4 is 10.4 Å². The lowest BCUT2D eigenvalue weighted by molar-refractivity contribution is 0.403. The Bertz CT molecular complexity index is 3740. The summed E-state index contributed by atoms with van der Waals surface area (Å²) in [5.41, 5.74) is 18.3. The molecular weight excluding hydrogens is 819 g/mol.